The summed E-state index contributed by atoms with van der Waals surface area (Å²) in [6.07, 6.45) is 3.12. The van der Waals surface area contributed by atoms with E-state index in [1.807, 2.05) is 6.20 Å². The van der Waals surface area contributed by atoms with Crippen molar-refractivity contribution in [2.75, 3.05) is 14.1 Å². The Hall–Kier alpha value is -1.87. The molecule has 0 aliphatic rings. The molecule has 0 saturated heterocycles. The first-order chi connectivity index (χ1) is 9.63. The Morgan fingerprint density at radius 1 is 1.25 bits per heavy atom. The van der Waals surface area contributed by atoms with Crippen molar-refractivity contribution < 1.29 is 0 Å². The summed E-state index contributed by atoms with van der Waals surface area (Å²) in [6.45, 7) is 4.29. The van der Waals surface area contributed by atoms with Crippen LogP contribution in [0.3, 0.4) is 0 Å². The second-order valence-corrected chi connectivity index (χ2v) is 5.61. The predicted molar refractivity (Wildman–Crippen MR) is 85.1 cm³/mol. The van der Waals surface area contributed by atoms with Crippen molar-refractivity contribution in [1.82, 2.24) is 14.9 Å². The summed E-state index contributed by atoms with van der Waals surface area (Å²) in [4.78, 5) is 10.4. The van der Waals surface area contributed by atoms with Crippen LogP contribution >= 0.6 is 0 Å². The number of hydrogen-bond donors (Lipinski definition) is 1. The lowest BCUT2D eigenvalue weighted by Gasteiger charge is -2.24. The Labute approximate surface area is 119 Å². The van der Waals surface area contributed by atoms with Gasteiger partial charge in [-0.3, -0.25) is 4.98 Å². The van der Waals surface area contributed by atoms with Gasteiger partial charge in [-0.2, -0.15) is 0 Å². The maximum absolute atomic E-state index is 4.60. The molecule has 1 N–H and O–H groups in total. The number of benzene rings is 1. The summed E-state index contributed by atoms with van der Waals surface area (Å²) >= 11 is 0. The SMILES string of the molecule is CCC(c1cnc(C)c2[nH]c3ccccc3c12)N(C)C. The van der Waals surface area contributed by atoms with Crippen LogP contribution in [0.15, 0.2) is 30.5 Å². The highest BCUT2D eigenvalue weighted by molar-refractivity contribution is 6.09. The van der Waals surface area contributed by atoms with Crippen molar-refractivity contribution in [2.45, 2.75) is 26.3 Å². The molecule has 1 atom stereocenters. The highest BCUT2D eigenvalue weighted by Gasteiger charge is 2.19. The Morgan fingerprint density at radius 3 is 2.70 bits per heavy atom. The Kier molecular flexibility index (Phi) is 3.22. The summed E-state index contributed by atoms with van der Waals surface area (Å²) in [7, 11) is 4.27. The number of aromatic nitrogens is 2. The lowest BCUT2D eigenvalue weighted by atomic mass is 9.99. The minimum atomic E-state index is 0.393. The van der Waals surface area contributed by atoms with E-state index in [4.69, 9.17) is 0 Å². The summed E-state index contributed by atoms with van der Waals surface area (Å²) in [5.74, 6) is 0. The molecule has 0 fully saturated rings. The molecule has 0 bridgehead atoms. The lowest BCUT2D eigenvalue weighted by molar-refractivity contribution is 0.293. The Balaban J connectivity index is 2.40. The Morgan fingerprint density at radius 2 is 2.00 bits per heavy atom. The number of nitrogens with zero attached hydrogens (tertiary/aromatic N) is 2. The first-order valence-corrected chi connectivity index (χ1v) is 7.15. The van der Waals surface area contributed by atoms with E-state index in [9.17, 15) is 0 Å². The first-order valence-electron chi connectivity index (χ1n) is 7.15. The molecule has 0 aliphatic carbocycles. The van der Waals surface area contributed by atoms with Crippen molar-refractivity contribution >= 4 is 21.8 Å². The predicted octanol–water partition coefficient (Wildman–Crippen LogP) is 4.04. The number of pyridine rings is 1. The van der Waals surface area contributed by atoms with Crippen LogP contribution in [0, 0.1) is 6.92 Å². The van der Waals surface area contributed by atoms with Gasteiger partial charge in [-0.25, -0.2) is 0 Å². The number of aryl methyl sites for hydroxylation is 1. The van der Waals surface area contributed by atoms with Crippen LogP contribution in [0.1, 0.15) is 30.6 Å². The van der Waals surface area contributed by atoms with Gasteiger partial charge in [0.1, 0.15) is 0 Å². The van der Waals surface area contributed by atoms with Gasteiger partial charge in [0.15, 0.2) is 0 Å². The molecule has 0 spiro atoms. The number of H-pyrrole nitrogens is 1. The van der Waals surface area contributed by atoms with Crippen molar-refractivity contribution in [3.63, 3.8) is 0 Å². The van der Waals surface area contributed by atoms with Crippen LogP contribution in [-0.2, 0) is 0 Å². The lowest BCUT2D eigenvalue weighted by Crippen LogP contribution is -2.19. The second-order valence-electron chi connectivity index (χ2n) is 5.61. The molecule has 104 valence electrons. The van der Waals surface area contributed by atoms with Crippen LogP contribution in [0.2, 0.25) is 0 Å². The zero-order valence-corrected chi connectivity index (χ0v) is 12.6. The molecule has 0 saturated carbocycles. The third kappa shape index (κ3) is 1.90. The van der Waals surface area contributed by atoms with Gasteiger partial charge >= 0.3 is 0 Å². The standard InChI is InChI=1S/C17H21N3/c1-5-15(20(3)4)13-10-18-11(2)17-16(13)12-8-6-7-9-14(12)19-17/h6-10,15,19H,5H2,1-4H3. The third-order valence-corrected chi connectivity index (χ3v) is 4.12. The fourth-order valence-corrected chi connectivity index (χ4v) is 3.12. The molecule has 3 aromatic rings. The second kappa shape index (κ2) is 4.91. The van der Waals surface area contributed by atoms with E-state index in [0.29, 0.717) is 6.04 Å². The normalized spacial score (nSPS) is 13.4. The fourth-order valence-electron chi connectivity index (χ4n) is 3.12. The summed E-state index contributed by atoms with van der Waals surface area (Å²) in [5, 5.41) is 2.62. The van der Waals surface area contributed by atoms with E-state index in [-0.39, 0.29) is 0 Å². The molecular formula is C17H21N3. The molecule has 0 radical (unpaired) electrons. The van der Waals surface area contributed by atoms with Crippen LogP contribution < -0.4 is 0 Å². The average molecular weight is 267 g/mol. The number of hydrogen-bond acceptors (Lipinski definition) is 2. The van der Waals surface area contributed by atoms with E-state index in [2.05, 4.69) is 67.1 Å². The molecule has 1 aromatic carbocycles. The van der Waals surface area contributed by atoms with Crippen molar-refractivity contribution in [3.05, 3.63) is 41.7 Å². The molecule has 0 aliphatic heterocycles. The highest BCUT2D eigenvalue weighted by atomic mass is 15.1. The number of aromatic amines is 1. The van der Waals surface area contributed by atoms with E-state index in [1.54, 1.807) is 0 Å². The van der Waals surface area contributed by atoms with Gasteiger partial charge in [-0.05, 0) is 39.1 Å². The first kappa shape index (κ1) is 13.1. The van der Waals surface area contributed by atoms with Crippen LogP contribution in [0.4, 0.5) is 0 Å². The number of nitrogens with one attached hydrogen (secondary N) is 1. The van der Waals surface area contributed by atoms with E-state index < -0.39 is 0 Å². The summed E-state index contributed by atoms with van der Waals surface area (Å²) in [5.41, 5.74) is 4.74. The van der Waals surface area contributed by atoms with Crippen LogP contribution in [0.5, 0.6) is 0 Å². The number of fused-ring (bicyclic) bond motifs is 3. The maximum atomic E-state index is 4.60. The zero-order chi connectivity index (χ0) is 14.3. The minimum absolute atomic E-state index is 0.393. The van der Waals surface area contributed by atoms with Crippen LogP contribution in [-0.4, -0.2) is 29.0 Å². The van der Waals surface area contributed by atoms with E-state index in [0.717, 1.165) is 12.1 Å². The average Bonchev–Trinajstić information content (AvgIpc) is 2.82. The van der Waals surface area contributed by atoms with Crippen molar-refractivity contribution in [1.29, 1.82) is 0 Å². The van der Waals surface area contributed by atoms with Gasteiger partial charge in [-0.1, -0.05) is 25.1 Å². The molecule has 2 aromatic heterocycles. The molecule has 3 rings (SSSR count). The molecule has 3 heteroatoms. The van der Waals surface area contributed by atoms with Gasteiger partial charge in [0, 0.05) is 28.5 Å². The summed E-state index contributed by atoms with van der Waals surface area (Å²) < 4.78 is 0. The van der Waals surface area contributed by atoms with Gasteiger partial charge in [0.25, 0.3) is 0 Å². The minimum Gasteiger partial charge on any atom is -0.353 e. The van der Waals surface area contributed by atoms with Gasteiger partial charge in [0.2, 0.25) is 0 Å². The molecule has 2 heterocycles. The number of rotatable bonds is 3. The fraction of sp³-hybridized carbons (Fsp3) is 0.353. The third-order valence-electron chi connectivity index (χ3n) is 4.12. The molecule has 0 amide bonds. The largest absolute Gasteiger partial charge is 0.353 e. The van der Waals surface area contributed by atoms with E-state index in [1.165, 1.54) is 27.4 Å². The summed E-state index contributed by atoms with van der Waals surface area (Å²) in [6, 6.07) is 8.90. The van der Waals surface area contributed by atoms with Gasteiger partial charge in [-0.15, -0.1) is 0 Å². The molecule has 1 unspecified atom stereocenters. The number of para-hydroxylation sites is 1. The zero-order valence-electron chi connectivity index (χ0n) is 12.6. The Bertz CT molecular complexity index is 755. The van der Waals surface area contributed by atoms with Gasteiger partial charge in [0.05, 0.1) is 11.2 Å². The smallest absolute Gasteiger partial charge is 0.0684 e. The van der Waals surface area contributed by atoms with Gasteiger partial charge < -0.3 is 9.88 Å². The molecule has 20 heavy (non-hydrogen) atoms. The van der Waals surface area contributed by atoms with Crippen molar-refractivity contribution in [2.24, 2.45) is 0 Å². The van der Waals surface area contributed by atoms with Crippen molar-refractivity contribution in [3.8, 4) is 0 Å². The highest BCUT2D eigenvalue weighted by Crippen LogP contribution is 2.34. The maximum Gasteiger partial charge on any atom is 0.0684 e. The van der Waals surface area contributed by atoms with Crippen LogP contribution in [0.25, 0.3) is 21.8 Å². The molecular weight excluding hydrogens is 246 g/mol. The topological polar surface area (TPSA) is 31.9 Å². The quantitative estimate of drug-likeness (QED) is 0.776. The van der Waals surface area contributed by atoms with E-state index >= 15 is 0 Å². The monoisotopic (exact) mass is 267 g/mol. The molecule has 3 nitrogen and oxygen atoms in total.